The van der Waals surface area contributed by atoms with E-state index in [0.29, 0.717) is 17.5 Å². The minimum Gasteiger partial charge on any atom is -0.489 e. The number of ether oxygens (including phenoxy) is 1. The van der Waals surface area contributed by atoms with Gasteiger partial charge in [0.15, 0.2) is 0 Å². The molecule has 2 aromatic carbocycles. The van der Waals surface area contributed by atoms with Gasteiger partial charge < -0.3 is 10.5 Å². The molecule has 0 aromatic heterocycles. The summed E-state index contributed by atoms with van der Waals surface area (Å²) < 4.78 is 56.5. The Balaban J connectivity index is 2.21. The highest BCUT2D eigenvalue weighted by Gasteiger charge is 2.33. The van der Waals surface area contributed by atoms with E-state index in [0.717, 1.165) is 12.1 Å². The molecule has 0 saturated carbocycles. The molecule has 0 radical (unpaired) electrons. The van der Waals surface area contributed by atoms with Crippen LogP contribution in [0.3, 0.4) is 0 Å². The molecule has 0 unspecified atom stereocenters. The van der Waals surface area contributed by atoms with Crippen molar-refractivity contribution in [1.29, 1.82) is 0 Å². The second kappa shape index (κ2) is 5.40. The number of nitrogens with two attached hydrogens (primary N) is 1. The molecule has 2 nitrogen and oxygen atoms in total. The Kier molecular flexibility index (Phi) is 3.83. The Hall–Kier alpha value is -2.24. The van der Waals surface area contributed by atoms with Crippen LogP contribution in [0.25, 0.3) is 0 Å². The van der Waals surface area contributed by atoms with Gasteiger partial charge in [-0.3, -0.25) is 0 Å². The molecule has 0 spiro atoms. The molecule has 0 amide bonds. The summed E-state index contributed by atoms with van der Waals surface area (Å²) in [6, 6.07) is 8.81. The van der Waals surface area contributed by atoms with Crippen molar-refractivity contribution in [2.24, 2.45) is 0 Å². The molecule has 2 rings (SSSR count). The predicted octanol–water partition coefficient (Wildman–Crippen LogP) is 4.01. The monoisotopic (exact) mass is 285 g/mol. The summed E-state index contributed by atoms with van der Waals surface area (Å²) in [6.07, 6.45) is -4.63. The maximum absolute atomic E-state index is 12.9. The molecule has 0 aliphatic carbocycles. The molecule has 2 aromatic rings. The second-order valence-corrected chi connectivity index (χ2v) is 4.16. The molecule has 6 heteroatoms. The van der Waals surface area contributed by atoms with E-state index in [1.807, 2.05) is 0 Å². The standard InChI is InChI=1S/C14H11F4NO/c15-10-5-4-9(13(6-10)14(16,17)18)8-20-12-3-1-2-11(19)7-12/h1-7H,8,19H2. The van der Waals surface area contributed by atoms with Gasteiger partial charge in [-0.1, -0.05) is 12.1 Å². The van der Waals surface area contributed by atoms with Crippen LogP contribution in [0, 0.1) is 5.82 Å². The van der Waals surface area contributed by atoms with Gasteiger partial charge in [0.05, 0.1) is 5.56 Å². The van der Waals surface area contributed by atoms with Gasteiger partial charge in [0.25, 0.3) is 0 Å². The average Bonchev–Trinajstić information content (AvgIpc) is 2.36. The van der Waals surface area contributed by atoms with E-state index in [1.54, 1.807) is 18.2 Å². The normalized spacial score (nSPS) is 11.4. The first-order valence-corrected chi connectivity index (χ1v) is 5.70. The first kappa shape index (κ1) is 14.2. The summed E-state index contributed by atoms with van der Waals surface area (Å²) in [7, 11) is 0. The van der Waals surface area contributed by atoms with Gasteiger partial charge in [-0.05, 0) is 24.3 Å². The number of anilines is 1. The van der Waals surface area contributed by atoms with E-state index in [9.17, 15) is 17.6 Å². The summed E-state index contributed by atoms with van der Waals surface area (Å²) in [5.41, 5.74) is 4.80. The van der Waals surface area contributed by atoms with Crippen LogP contribution in [-0.2, 0) is 12.8 Å². The highest BCUT2D eigenvalue weighted by atomic mass is 19.4. The third kappa shape index (κ3) is 3.40. The third-order valence-corrected chi connectivity index (χ3v) is 2.63. The lowest BCUT2D eigenvalue weighted by Gasteiger charge is -2.14. The van der Waals surface area contributed by atoms with Crippen molar-refractivity contribution in [3.05, 3.63) is 59.4 Å². The zero-order chi connectivity index (χ0) is 14.8. The smallest absolute Gasteiger partial charge is 0.416 e. The van der Waals surface area contributed by atoms with E-state index in [-0.39, 0.29) is 12.2 Å². The van der Waals surface area contributed by atoms with Gasteiger partial charge in [0.1, 0.15) is 18.2 Å². The van der Waals surface area contributed by atoms with Crippen LogP contribution in [0.4, 0.5) is 23.2 Å². The molecule has 0 bridgehead atoms. The molecule has 0 saturated heterocycles. The fraction of sp³-hybridized carbons (Fsp3) is 0.143. The molecule has 2 N–H and O–H groups in total. The second-order valence-electron chi connectivity index (χ2n) is 4.16. The summed E-state index contributed by atoms with van der Waals surface area (Å²) in [5, 5.41) is 0. The van der Waals surface area contributed by atoms with Gasteiger partial charge in [0, 0.05) is 17.3 Å². The maximum Gasteiger partial charge on any atom is 0.416 e. The van der Waals surface area contributed by atoms with Crippen molar-refractivity contribution in [2.75, 3.05) is 5.73 Å². The molecule has 0 fully saturated rings. The Morgan fingerprint density at radius 2 is 1.80 bits per heavy atom. The van der Waals surface area contributed by atoms with Crippen molar-refractivity contribution >= 4 is 5.69 Å². The zero-order valence-electron chi connectivity index (χ0n) is 10.2. The van der Waals surface area contributed by atoms with Crippen molar-refractivity contribution in [3.8, 4) is 5.75 Å². The van der Waals surface area contributed by atoms with Gasteiger partial charge in [-0.15, -0.1) is 0 Å². The van der Waals surface area contributed by atoms with Gasteiger partial charge in [-0.2, -0.15) is 13.2 Å². The van der Waals surface area contributed by atoms with Crippen molar-refractivity contribution in [1.82, 2.24) is 0 Å². The SMILES string of the molecule is Nc1cccc(OCc2ccc(F)cc2C(F)(F)F)c1. The quantitative estimate of drug-likeness (QED) is 0.683. The molecular formula is C14H11F4NO. The van der Waals surface area contributed by atoms with Crippen molar-refractivity contribution in [3.63, 3.8) is 0 Å². The molecule has 20 heavy (non-hydrogen) atoms. The van der Waals surface area contributed by atoms with Crippen LogP contribution in [0.15, 0.2) is 42.5 Å². The Morgan fingerprint density at radius 3 is 2.45 bits per heavy atom. The molecule has 0 aliphatic rings. The minimum absolute atomic E-state index is 0.138. The van der Waals surface area contributed by atoms with Crippen LogP contribution in [0.2, 0.25) is 0 Å². The van der Waals surface area contributed by atoms with Crippen LogP contribution in [0.5, 0.6) is 5.75 Å². The third-order valence-electron chi connectivity index (χ3n) is 2.63. The van der Waals surface area contributed by atoms with E-state index >= 15 is 0 Å². The summed E-state index contributed by atoms with van der Waals surface area (Å²) in [6.45, 7) is -0.321. The zero-order valence-corrected chi connectivity index (χ0v) is 10.2. The first-order valence-electron chi connectivity index (χ1n) is 5.70. The number of benzene rings is 2. The van der Waals surface area contributed by atoms with Crippen LogP contribution in [0.1, 0.15) is 11.1 Å². The number of alkyl halides is 3. The van der Waals surface area contributed by atoms with E-state index in [2.05, 4.69) is 0 Å². The highest BCUT2D eigenvalue weighted by molar-refractivity contribution is 5.43. The molecule has 106 valence electrons. The lowest BCUT2D eigenvalue weighted by Crippen LogP contribution is -2.11. The van der Waals surface area contributed by atoms with Crippen LogP contribution < -0.4 is 10.5 Å². The number of halogens is 4. The van der Waals surface area contributed by atoms with Crippen LogP contribution in [-0.4, -0.2) is 0 Å². The van der Waals surface area contributed by atoms with E-state index in [1.165, 1.54) is 6.07 Å². The first-order chi connectivity index (χ1) is 9.36. The fourth-order valence-electron chi connectivity index (χ4n) is 1.70. The maximum atomic E-state index is 12.9. The van der Waals surface area contributed by atoms with Gasteiger partial charge in [0.2, 0.25) is 0 Å². The lowest BCUT2D eigenvalue weighted by atomic mass is 10.1. The molecule has 0 atom stereocenters. The minimum atomic E-state index is -4.63. The molecule has 0 heterocycles. The van der Waals surface area contributed by atoms with Gasteiger partial charge in [-0.25, -0.2) is 4.39 Å². The van der Waals surface area contributed by atoms with Crippen molar-refractivity contribution in [2.45, 2.75) is 12.8 Å². The average molecular weight is 285 g/mol. The van der Waals surface area contributed by atoms with Crippen LogP contribution >= 0.6 is 0 Å². The predicted molar refractivity (Wildman–Crippen MR) is 66.6 cm³/mol. The Bertz CT molecular complexity index is 610. The number of hydrogen-bond donors (Lipinski definition) is 1. The highest BCUT2D eigenvalue weighted by Crippen LogP contribution is 2.33. The fourth-order valence-corrected chi connectivity index (χ4v) is 1.70. The van der Waals surface area contributed by atoms with E-state index in [4.69, 9.17) is 10.5 Å². The largest absolute Gasteiger partial charge is 0.489 e. The van der Waals surface area contributed by atoms with Gasteiger partial charge >= 0.3 is 6.18 Å². The van der Waals surface area contributed by atoms with Crippen molar-refractivity contribution < 1.29 is 22.3 Å². The Morgan fingerprint density at radius 1 is 1.05 bits per heavy atom. The van der Waals surface area contributed by atoms with E-state index < -0.39 is 17.6 Å². The summed E-state index contributed by atoms with van der Waals surface area (Å²) in [5.74, 6) is -0.590. The lowest BCUT2D eigenvalue weighted by molar-refractivity contribution is -0.138. The molecular weight excluding hydrogens is 274 g/mol. The summed E-state index contributed by atoms with van der Waals surface area (Å²) in [4.78, 5) is 0. The Labute approximate surface area is 112 Å². The summed E-state index contributed by atoms with van der Waals surface area (Å²) >= 11 is 0. The number of hydrogen-bond acceptors (Lipinski definition) is 2. The topological polar surface area (TPSA) is 35.2 Å². The molecule has 0 aliphatic heterocycles. The number of nitrogen functional groups attached to an aromatic ring is 1. The number of rotatable bonds is 3.